The minimum Gasteiger partial charge on any atom is -0.508 e. The van der Waals surface area contributed by atoms with E-state index in [0.717, 1.165) is 82.3 Å². The van der Waals surface area contributed by atoms with Gasteiger partial charge in [-0.25, -0.2) is 4.39 Å². The summed E-state index contributed by atoms with van der Waals surface area (Å²) in [6.07, 6.45) is 2.45. The zero-order valence-electron chi connectivity index (χ0n) is 20.5. The van der Waals surface area contributed by atoms with E-state index in [4.69, 9.17) is 4.74 Å². The van der Waals surface area contributed by atoms with Gasteiger partial charge in [-0.2, -0.15) is 0 Å². The van der Waals surface area contributed by atoms with Crippen LogP contribution >= 0.6 is 11.8 Å². The van der Waals surface area contributed by atoms with Crippen LogP contribution in [-0.2, 0) is 0 Å². The maximum absolute atomic E-state index is 13.9. The maximum Gasteiger partial charge on any atom is 0.123 e. The first-order valence-electron chi connectivity index (χ1n) is 12.5. The Balaban J connectivity index is 1.49. The van der Waals surface area contributed by atoms with E-state index in [1.807, 2.05) is 37.3 Å². The topological polar surface area (TPSA) is 32.7 Å². The second kappa shape index (κ2) is 11.1. The maximum atomic E-state index is 13.9. The third kappa shape index (κ3) is 5.45. The number of aromatic hydroxyl groups is 1. The molecule has 2 heterocycles. The molecule has 188 valence electrons. The van der Waals surface area contributed by atoms with Crippen LogP contribution in [0.5, 0.6) is 11.5 Å². The number of thioether (sulfide) groups is 1. The molecule has 36 heavy (non-hydrogen) atoms. The highest BCUT2D eigenvalue weighted by Crippen LogP contribution is 2.44. The number of ether oxygens (including phenoxy) is 1. The third-order valence-electron chi connectivity index (χ3n) is 6.94. The molecule has 0 radical (unpaired) electrons. The number of aryl methyl sites for hydroxylation is 1. The average Bonchev–Trinajstić information content (AvgIpc) is 3.23. The van der Waals surface area contributed by atoms with Crippen molar-refractivity contribution in [3.63, 3.8) is 0 Å². The molecule has 2 aliphatic rings. The fourth-order valence-electron chi connectivity index (χ4n) is 5.23. The van der Waals surface area contributed by atoms with Gasteiger partial charge in [0.15, 0.2) is 0 Å². The molecule has 2 aliphatic heterocycles. The van der Waals surface area contributed by atoms with Crippen LogP contribution in [0.2, 0.25) is 0 Å². The van der Waals surface area contributed by atoms with Crippen LogP contribution in [0.1, 0.15) is 41.5 Å². The summed E-state index contributed by atoms with van der Waals surface area (Å²) in [6, 6.07) is 18.6. The fraction of sp³-hybridized carbons (Fsp3) is 0.333. The van der Waals surface area contributed by atoms with E-state index >= 15 is 0 Å². The van der Waals surface area contributed by atoms with Gasteiger partial charge < -0.3 is 9.84 Å². The summed E-state index contributed by atoms with van der Waals surface area (Å²) in [5.41, 5.74) is 6.16. The molecule has 1 fully saturated rings. The Bertz CT molecular complexity index is 1260. The number of alkyl halides is 1. The SMILES string of the molecule is Cc1cc(F)ccc1C1=C(c2ccc(O[C@H]3CCN(CCCF)C3)cc2)c2cc(O)ccc2SCC1. The lowest BCUT2D eigenvalue weighted by molar-refractivity contribution is 0.198. The third-order valence-corrected chi connectivity index (χ3v) is 8.02. The monoisotopic (exact) mass is 507 g/mol. The van der Waals surface area contributed by atoms with E-state index in [1.54, 1.807) is 23.9 Å². The van der Waals surface area contributed by atoms with Gasteiger partial charge >= 0.3 is 0 Å². The van der Waals surface area contributed by atoms with Gasteiger partial charge in [0.2, 0.25) is 0 Å². The molecule has 3 aromatic carbocycles. The summed E-state index contributed by atoms with van der Waals surface area (Å²) < 4.78 is 32.7. The molecular formula is C30H31F2NO2S. The Morgan fingerprint density at radius 2 is 1.89 bits per heavy atom. The molecule has 5 rings (SSSR count). The van der Waals surface area contributed by atoms with Gasteiger partial charge in [0, 0.05) is 30.3 Å². The van der Waals surface area contributed by atoms with Gasteiger partial charge in [0.1, 0.15) is 23.4 Å². The summed E-state index contributed by atoms with van der Waals surface area (Å²) >= 11 is 1.77. The van der Waals surface area contributed by atoms with Gasteiger partial charge in [-0.05, 0) is 102 Å². The molecular weight excluding hydrogens is 476 g/mol. The van der Waals surface area contributed by atoms with Crippen molar-refractivity contribution in [2.24, 2.45) is 0 Å². The van der Waals surface area contributed by atoms with Crippen molar-refractivity contribution < 1.29 is 18.6 Å². The van der Waals surface area contributed by atoms with Gasteiger partial charge in [-0.15, -0.1) is 11.8 Å². The van der Waals surface area contributed by atoms with E-state index in [-0.39, 0.29) is 24.3 Å². The summed E-state index contributed by atoms with van der Waals surface area (Å²) in [6.45, 7) is 4.20. The number of likely N-dealkylation sites (tertiary alicyclic amines) is 1. The van der Waals surface area contributed by atoms with Crippen molar-refractivity contribution in [2.75, 3.05) is 32.1 Å². The van der Waals surface area contributed by atoms with Gasteiger partial charge in [-0.1, -0.05) is 18.2 Å². The highest BCUT2D eigenvalue weighted by atomic mass is 32.2. The smallest absolute Gasteiger partial charge is 0.123 e. The Labute approximate surface area is 215 Å². The molecule has 0 bridgehead atoms. The Morgan fingerprint density at radius 3 is 2.67 bits per heavy atom. The highest BCUT2D eigenvalue weighted by Gasteiger charge is 2.25. The first-order chi connectivity index (χ1) is 17.5. The molecule has 3 nitrogen and oxygen atoms in total. The molecule has 0 unspecified atom stereocenters. The molecule has 6 heteroatoms. The van der Waals surface area contributed by atoms with Crippen molar-refractivity contribution >= 4 is 22.9 Å². The molecule has 1 N–H and O–H groups in total. The predicted octanol–water partition coefficient (Wildman–Crippen LogP) is 7.11. The van der Waals surface area contributed by atoms with Crippen LogP contribution in [-0.4, -0.2) is 48.2 Å². The number of benzene rings is 3. The van der Waals surface area contributed by atoms with Crippen molar-refractivity contribution in [3.05, 3.63) is 88.7 Å². The van der Waals surface area contributed by atoms with E-state index in [2.05, 4.69) is 17.0 Å². The lowest BCUT2D eigenvalue weighted by atomic mass is 9.86. The number of phenols is 1. The zero-order valence-corrected chi connectivity index (χ0v) is 21.3. The van der Waals surface area contributed by atoms with E-state index in [0.29, 0.717) is 6.42 Å². The highest BCUT2D eigenvalue weighted by molar-refractivity contribution is 7.99. The Morgan fingerprint density at radius 1 is 1.06 bits per heavy atom. The summed E-state index contributed by atoms with van der Waals surface area (Å²) in [5, 5.41) is 10.3. The number of fused-ring (bicyclic) bond motifs is 1. The summed E-state index contributed by atoms with van der Waals surface area (Å²) in [4.78, 5) is 3.38. The van der Waals surface area contributed by atoms with Gasteiger partial charge in [0.25, 0.3) is 0 Å². The predicted molar refractivity (Wildman–Crippen MR) is 143 cm³/mol. The number of rotatable bonds is 7. The van der Waals surface area contributed by atoms with Gasteiger partial charge in [-0.3, -0.25) is 9.29 Å². The van der Waals surface area contributed by atoms with E-state index in [1.165, 1.54) is 6.07 Å². The van der Waals surface area contributed by atoms with E-state index in [9.17, 15) is 13.9 Å². The molecule has 0 aromatic heterocycles. The second-order valence-corrected chi connectivity index (χ2v) is 10.6. The number of phenolic OH excluding ortho intramolecular Hbond substituents is 1. The normalized spacial score (nSPS) is 18.2. The average molecular weight is 508 g/mol. The van der Waals surface area contributed by atoms with Crippen molar-refractivity contribution in [1.82, 2.24) is 4.90 Å². The zero-order chi connectivity index (χ0) is 25.1. The number of nitrogens with zero attached hydrogens (tertiary/aromatic N) is 1. The minimum absolute atomic E-state index is 0.110. The Kier molecular flexibility index (Phi) is 7.63. The lowest BCUT2D eigenvalue weighted by Crippen LogP contribution is -2.26. The first-order valence-corrected chi connectivity index (χ1v) is 13.5. The van der Waals surface area contributed by atoms with Crippen LogP contribution in [0.4, 0.5) is 8.78 Å². The van der Waals surface area contributed by atoms with Crippen LogP contribution in [0.3, 0.4) is 0 Å². The summed E-state index contributed by atoms with van der Waals surface area (Å²) in [5.74, 6) is 1.70. The fourth-order valence-corrected chi connectivity index (χ4v) is 6.23. The lowest BCUT2D eigenvalue weighted by Gasteiger charge is -2.19. The molecule has 0 aliphatic carbocycles. The molecule has 1 saturated heterocycles. The molecule has 0 spiro atoms. The Hall–Kier alpha value is -2.83. The van der Waals surface area contributed by atoms with Crippen molar-refractivity contribution in [1.29, 1.82) is 0 Å². The largest absolute Gasteiger partial charge is 0.508 e. The first kappa shape index (κ1) is 24.8. The van der Waals surface area contributed by atoms with Crippen LogP contribution in [0.15, 0.2) is 65.6 Å². The molecule has 1 atom stereocenters. The van der Waals surface area contributed by atoms with Crippen LogP contribution in [0, 0.1) is 12.7 Å². The second-order valence-electron chi connectivity index (χ2n) is 9.49. The quantitative estimate of drug-likeness (QED) is 0.370. The molecule has 0 amide bonds. The number of allylic oxidation sites excluding steroid dienone is 1. The van der Waals surface area contributed by atoms with Crippen LogP contribution in [0.25, 0.3) is 11.1 Å². The molecule has 3 aromatic rings. The number of halogens is 2. The van der Waals surface area contributed by atoms with Crippen LogP contribution < -0.4 is 4.74 Å². The van der Waals surface area contributed by atoms with Crippen molar-refractivity contribution in [3.8, 4) is 11.5 Å². The van der Waals surface area contributed by atoms with Crippen molar-refractivity contribution in [2.45, 2.75) is 37.2 Å². The van der Waals surface area contributed by atoms with E-state index < -0.39 is 0 Å². The standard InChI is InChI=1S/C30H31F2NO2S/c1-20-17-22(32)5-9-26(20)27-12-16-36-29-10-6-23(34)18-28(29)30(27)21-3-7-24(8-4-21)35-25-11-15-33(19-25)14-2-13-31/h3-10,17-18,25,34H,2,11-16,19H2,1H3/t25-/m0/s1. The number of hydrogen-bond acceptors (Lipinski definition) is 4. The van der Waals surface area contributed by atoms with Gasteiger partial charge in [0.05, 0.1) is 6.67 Å². The molecule has 0 saturated carbocycles. The number of hydrogen-bond donors (Lipinski definition) is 1. The summed E-state index contributed by atoms with van der Waals surface area (Å²) in [7, 11) is 0. The minimum atomic E-state index is -0.280.